The van der Waals surface area contributed by atoms with Crippen LogP contribution in [0.3, 0.4) is 0 Å². The van der Waals surface area contributed by atoms with Crippen molar-refractivity contribution in [2.45, 2.75) is 19.4 Å². The van der Waals surface area contributed by atoms with Gasteiger partial charge in [0.2, 0.25) is 6.39 Å². The van der Waals surface area contributed by atoms with Crippen molar-refractivity contribution in [2.24, 2.45) is 0 Å². The second-order valence-corrected chi connectivity index (χ2v) is 4.17. The monoisotopic (exact) mass is 265 g/mol. The van der Waals surface area contributed by atoms with Gasteiger partial charge in [0.1, 0.15) is 0 Å². The SMILES string of the molecule is COc1cc(C(C)NCCc2ncon2)ccc1F. The second-order valence-electron chi connectivity index (χ2n) is 4.17. The number of hydrogen-bond donors (Lipinski definition) is 1. The maximum absolute atomic E-state index is 13.3. The van der Waals surface area contributed by atoms with Crippen molar-refractivity contribution >= 4 is 0 Å². The molecular formula is C13H16FN3O2. The number of nitrogens with zero attached hydrogens (tertiary/aromatic N) is 2. The highest BCUT2D eigenvalue weighted by Crippen LogP contribution is 2.22. The lowest BCUT2D eigenvalue weighted by molar-refractivity contribution is 0.385. The number of nitrogens with one attached hydrogen (secondary N) is 1. The molecule has 1 unspecified atom stereocenters. The van der Waals surface area contributed by atoms with Crippen molar-refractivity contribution in [3.05, 3.63) is 41.8 Å². The number of ether oxygens (including phenoxy) is 1. The molecule has 0 spiro atoms. The van der Waals surface area contributed by atoms with Crippen LogP contribution in [0.4, 0.5) is 4.39 Å². The van der Waals surface area contributed by atoms with E-state index in [9.17, 15) is 4.39 Å². The lowest BCUT2D eigenvalue weighted by atomic mass is 10.1. The van der Waals surface area contributed by atoms with Gasteiger partial charge in [0.15, 0.2) is 17.4 Å². The number of halogens is 1. The minimum absolute atomic E-state index is 0.0846. The lowest BCUT2D eigenvalue weighted by Crippen LogP contribution is -2.21. The molecule has 0 bridgehead atoms. The molecule has 5 nitrogen and oxygen atoms in total. The number of rotatable bonds is 6. The summed E-state index contributed by atoms with van der Waals surface area (Å²) in [6.07, 6.45) is 1.99. The average molecular weight is 265 g/mol. The fourth-order valence-corrected chi connectivity index (χ4v) is 1.77. The van der Waals surface area contributed by atoms with Crippen LogP contribution in [0, 0.1) is 5.82 Å². The summed E-state index contributed by atoms with van der Waals surface area (Å²) in [6.45, 7) is 2.71. The summed E-state index contributed by atoms with van der Waals surface area (Å²) in [5, 5.41) is 7.04. The molecule has 0 aliphatic rings. The third-order valence-electron chi connectivity index (χ3n) is 2.88. The lowest BCUT2D eigenvalue weighted by Gasteiger charge is -2.14. The molecule has 1 atom stereocenters. The Morgan fingerprint density at radius 1 is 1.47 bits per heavy atom. The van der Waals surface area contributed by atoms with Crippen molar-refractivity contribution in [1.29, 1.82) is 0 Å². The molecule has 0 radical (unpaired) electrons. The van der Waals surface area contributed by atoms with E-state index in [0.717, 1.165) is 5.56 Å². The first-order chi connectivity index (χ1) is 9.20. The van der Waals surface area contributed by atoms with E-state index >= 15 is 0 Å². The topological polar surface area (TPSA) is 60.2 Å². The summed E-state index contributed by atoms with van der Waals surface area (Å²) in [4.78, 5) is 3.94. The van der Waals surface area contributed by atoms with Gasteiger partial charge >= 0.3 is 0 Å². The fourth-order valence-electron chi connectivity index (χ4n) is 1.77. The normalized spacial score (nSPS) is 12.4. The van der Waals surface area contributed by atoms with E-state index in [1.165, 1.54) is 19.6 Å². The maximum Gasteiger partial charge on any atom is 0.213 e. The smallest absolute Gasteiger partial charge is 0.213 e. The Morgan fingerprint density at radius 3 is 3.00 bits per heavy atom. The van der Waals surface area contributed by atoms with E-state index < -0.39 is 0 Å². The Labute approximate surface area is 110 Å². The molecule has 1 heterocycles. The molecule has 1 N–H and O–H groups in total. The van der Waals surface area contributed by atoms with Gasteiger partial charge in [0.05, 0.1) is 7.11 Å². The molecule has 0 saturated heterocycles. The van der Waals surface area contributed by atoms with Gasteiger partial charge in [0, 0.05) is 19.0 Å². The van der Waals surface area contributed by atoms with E-state index in [4.69, 9.17) is 4.74 Å². The van der Waals surface area contributed by atoms with Gasteiger partial charge in [-0.05, 0) is 24.6 Å². The largest absolute Gasteiger partial charge is 0.494 e. The van der Waals surface area contributed by atoms with Crippen LogP contribution in [0.25, 0.3) is 0 Å². The van der Waals surface area contributed by atoms with E-state index in [0.29, 0.717) is 18.8 Å². The Bertz CT molecular complexity index is 517. The highest BCUT2D eigenvalue weighted by Gasteiger charge is 2.09. The van der Waals surface area contributed by atoms with Gasteiger partial charge in [-0.15, -0.1) is 0 Å². The van der Waals surface area contributed by atoms with Crippen LogP contribution < -0.4 is 10.1 Å². The summed E-state index contributed by atoms with van der Waals surface area (Å²) in [5.41, 5.74) is 0.964. The van der Waals surface area contributed by atoms with Crippen LogP contribution in [-0.2, 0) is 6.42 Å². The molecule has 0 aliphatic heterocycles. The summed E-state index contributed by atoms with van der Waals surface area (Å²) in [5.74, 6) is 0.561. The zero-order valence-corrected chi connectivity index (χ0v) is 10.9. The van der Waals surface area contributed by atoms with Crippen LogP contribution in [0.5, 0.6) is 5.75 Å². The van der Waals surface area contributed by atoms with Gasteiger partial charge in [-0.2, -0.15) is 4.98 Å². The molecule has 0 aliphatic carbocycles. The van der Waals surface area contributed by atoms with E-state index in [1.54, 1.807) is 12.1 Å². The molecule has 0 amide bonds. The molecule has 1 aromatic heterocycles. The zero-order chi connectivity index (χ0) is 13.7. The van der Waals surface area contributed by atoms with E-state index in [1.807, 2.05) is 6.92 Å². The standard InChI is InChI=1S/C13H16FN3O2/c1-9(15-6-5-13-16-8-19-17-13)10-3-4-11(14)12(7-10)18-2/h3-4,7-9,15H,5-6H2,1-2H3. The van der Waals surface area contributed by atoms with E-state index in [-0.39, 0.29) is 17.6 Å². The Balaban J connectivity index is 1.90. The van der Waals surface area contributed by atoms with Crippen LogP contribution in [0.2, 0.25) is 0 Å². The number of methoxy groups -OCH3 is 1. The second kappa shape index (κ2) is 6.29. The Hall–Kier alpha value is -1.95. The third kappa shape index (κ3) is 3.51. The first-order valence-electron chi connectivity index (χ1n) is 6.02. The van der Waals surface area contributed by atoms with Crippen LogP contribution in [0.15, 0.2) is 29.1 Å². The first kappa shape index (κ1) is 13.5. The van der Waals surface area contributed by atoms with Crippen molar-refractivity contribution in [2.75, 3.05) is 13.7 Å². The predicted molar refractivity (Wildman–Crippen MR) is 67.4 cm³/mol. The zero-order valence-electron chi connectivity index (χ0n) is 10.9. The van der Waals surface area contributed by atoms with Crippen molar-refractivity contribution < 1.29 is 13.7 Å². The summed E-state index contributed by atoms with van der Waals surface area (Å²) < 4.78 is 22.9. The summed E-state index contributed by atoms with van der Waals surface area (Å²) in [6, 6.07) is 4.93. The highest BCUT2D eigenvalue weighted by molar-refractivity contribution is 5.31. The van der Waals surface area contributed by atoms with Crippen LogP contribution >= 0.6 is 0 Å². The van der Waals surface area contributed by atoms with Crippen molar-refractivity contribution in [3.8, 4) is 5.75 Å². The molecule has 2 rings (SSSR count). The minimum atomic E-state index is -0.356. The molecule has 6 heteroatoms. The minimum Gasteiger partial charge on any atom is -0.494 e. The van der Waals surface area contributed by atoms with Crippen LogP contribution in [0.1, 0.15) is 24.4 Å². The fraction of sp³-hybridized carbons (Fsp3) is 0.385. The summed E-state index contributed by atoms with van der Waals surface area (Å²) >= 11 is 0. The van der Waals surface area contributed by atoms with Gasteiger partial charge in [-0.3, -0.25) is 0 Å². The third-order valence-corrected chi connectivity index (χ3v) is 2.88. The average Bonchev–Trinajstić information content (AvgIpc) is 2.92. The molecule has 102 valence electrons. The quantitative estimate of drug-likeness (QED) is 0.866. The van der Waals surface area contributed by atoms with Gasteiger partial charge < -0.3 is 14.6 Å². The number of benzene rings is 1. The molecule has 1 aromatic carbocycles. The molecule has 0 saturated carbocycles. The number of hydrogen-bond acceptors (Lipinski definition) is 5. The first-order valence-corrected chi connectivity index (χ1v) is 6.02. The van der Waals surface area contributed by atoms with Gasteiger partial charge in [-0.1, -0.05) is 11.2 Å². The van der Waals surface area contributed by atoms with E-state index in [2.05, 4.69) is 20.0 Å². The molecular weight excluding hydrogens is 249 g/mol. The van der Waals surface area contributed by atoms with Crippen molar-refractivity contribution in [3.63, 3.8) is 0 Å². The van der Waals surface area contributed by atoms with Crippen LogP contribution in [-0.4, -0.2) is 23.8 Å². The predicted octanol–water partition coefficient (Wildman–Crippen LogP) is 2.11. The molecule has 0 fully saturated rings. The molecule has 2 aromatic rings. The van der Waals surface area contributed by atoms with Crippen molar-refractivity contribution in [1.82, 2.24) is 15.5 Å². The van der Waals surface area contributed by atoms with Gasteiger partial charge in [-0.25, -0.2) is 4.39 Å². The molecule has 19 heavy (non-hydrogen) atoms. The Morgan fingerprint density at radius 2 is 2.32 bits per heavy atom. The Kier molecular flexibility index (Phi) is 4.46. The number of aromatic nitrogens is 2. The summed E-state index contributed by atoms with van der Waals surface area (Å²) in [7, 11) is 1.45. The highest BCUT2D eigenvalue weighted by atomic mass is 19.1. The van der Waals surface area contributed by atoms with Gasteiger partial charge in [0.25, 0.3) is 0 Å². The maximum atomic E-state index is 13.3.